The topological polar surface area (TPSA) is 58.2 Å². The van der Waals surface area contributed by atoms with Crippen molar-refractivity contribution in [2.45, 2.75) is 38.6 Å². The molecule has 0 saturated heterocycles. The molecule has 1 rings (SSSR count). The third kappa shape index (κ3) is 2.72. The summed E-state index contributed by atoms with van der Waals surface area (Å²) in [6.45, 7) is 2.12. The van der Waals surface area contributed by atoms with Crippen molar-refractivity contribution < 1.29 is 9.59 Å². The maximum Gasteiger partial charge on any atom is 0.309 e. The zero-order valence-electron chi connectivity index (χ0n) is 8.80. The molecule has 1 fully saturated rings. The lowest BCUT2D eigenvalue weighted by Crippen LogP contribution is -2.47. The molecule has 0 radical (unpaired) electrons. The molecule has 2 amide bonds. The Morgan fingerprint density at radius 1 is 1.14 bits per heavy atom. The molecular formula is C10H18N2O2. The standard InChI is InChI=1S/C10H18N2O2/c1-7-5-3-4-6-8(7)12-10(14)9(13)11-2/h7-8H,3-6H2,1-2H3,(H,11,13)(H,12,14)/t7-,8-/m1/s1. The van der Waals surface area contributed by atoms with Crippen molar-refractivity contribution >= 4 is 11.8 Å². The zero-order valence-corrected chi connectivity index (χ0v) is 8.80. The predicted octanol–water partition coefficient (Wildman–Crippen LogP) is 0.427. The van der Waals surface area contributed by atoms with E-state index in [2.05, 4.69) is 17.6 Å². The number of carbonyl (C=O) groups excluding carboxylic acids is 2. The van der Waals surface area contributed by atoms with Crippen LogP contribution in [0.15, 0.2) is 0 Å². The number of hydrogen-bond acceptors (Lipinski definition) is 2. The molecule has 0 unspecified atom stereocenters. The summed E-state index contributed by atoms with van der Waals surface area (Å²) in [4.78, 5) is 22.2. The van der Waals surface area contributed by atoms with Crippen molar-refractivity contribution in [3.8, 4) is 0 Å². The van der Waals surface area contributed by atoms with Crippen molar-refractivity contribution in [3.05, 3.63) is 0 Å². The van der Waals surface area contributed by atoms with Crippen molar-refractivity contribution in [2.75, 3.05) is 7.05 Å². The van der Waals surface area contributed by atoms with Gasteiger partial charge in [-0.05, 0) is 18.8 Å². The van der Waals surface area contributed by atoms with Gasteiger partial charge in [0.15, 0.2) is 0 Å². The molecule has 0 aromatic rings. The van der Waals surface area contributed by atoms with E-state index in [0.29, 0.717) is 5.92 Å². The fourth-order valence-electron chi connectivity index (χ4n) is 1.88. The van der Waals surface area contributed by atoms with Gasteiger partial charge in [0, 0.05) is 13.1 Å². The first-order valence-electron chi connectivity index (χ1n) is 5.17. The van der Waals surface area contributed by atoms with Crippen LogP contribution in [0.3, 0.4) is 0 Å². The second-order valence-corrected chi connectivity index (χ2v) is 3.92. The highest BCUT2D eigenvalue weighted by Crippen LogP contribution is 2.23. The number of amides is 2. The van der Waals surface area contributed by atoms with Crippen molar-refractivity contribution in [3.63, 3.8) is 0 Å². The fraction of sp³-hybridized carbons (Fsp3) is 0.800. The highest BCUT2D eigenvalue weighted by atomic mass is 16.2. The molecule has 2 atom stereocenters. The van der Waals surface area contributed by atoms with Crippen LogP contribution in [0.25, 0.3) is 0 Å². The molecule has 4 heteroatoms. The lowest BCUT2D eigenvalue weighted by atomic mass is 9.86. The number of rotatable bonds is 1. The lowest BCUT2D eigenvalue weighted by Gasteiger charge is -2.29. The summed E-state index contributed by atoms with van der Waals surface area (Å²) in [5, 5.41) is 5.09. The average Bonchev–Trinajstić information content (AvgIpc) is 2.20. The highest BCUT2D eigenvalue weighted by Gasteiger charge is 2.24. The number of carbonyl (C=O) groups is 2. The van der Waals surface area contributed by atoms with Gasteiger partial charge < -0.3 is 10.6 Å². The molecule has 0 aromatic carbocycles. The first-order valence-corrected chi connectivity index (χ1v) is 5.17. The molecule has 1 aliphatic carbocycles. The Morgan fingerprint density at radius 2 is 1.79 bits per heavy atom. The van der Waals surface area contributed by atoms with Crippen LogP contribution >= 0.6 is 0 Å². The van der Waals surface area contributed by atoms with Gasteiger partial charge in [0.1, 0.15) is 0 Å². The van der Waals surface area contributed by atoms with Gasteiger partial charge >= 0.3 is 11.8 Å². The Balaban J connectivity index is 2.42. The molecule has 14 heavy (non-hydrogen) atoms. The quantitative estimate of drug-likeness (QED) is 0.600. The molecule has 80 valence electrons. The molecular weight excluding hydrogens is 180 g/mol. The third-order valence-electron chi connectivity index (χ3n) is 2.86. The first kappa shape index (κ1) is 11.0. The second-order valence-electron chi connectivity index (χ2n) is 3.92. The van der Waals surface area contributed by atoms with E-state index >= 15 is 0 Å². The lowest BCUT2D eigenvalue weighted by molar-refractivity contribution is -0.139. The van der Waals surface area contributed by atoms with Crippen molar-refractivity contribution in [1.29, 1.82) is 0 Å². The SMILES string of the molecule is CNC(=O)C(=O)N[C@@H]1CCCC[C@H]1C. The Bertz CT molecular complexity index is 228. The molecule has 0 aliphatic heterocycles. The summed E-state index contributed by atoms with van der Waals surface area (Å²) in [7, 11) is 1.46. The maximum atomic E-state index is 11.3. The summed E-state index contributed by atoms with van der Waals surface area (Å²) < 4.78 is 0. The molecule has 0 aromatic heterocycles. The third-order valence-corrected chi connectivity index (χ3v) is 2.86. The Kier molecular flexibility index (Phi) is 3.92. The first-order chi connectivity index (χ1) is 6.65. The average molecular weight is 198 g/mol. The van der Waals surface area contributed by atoms with Crippen LogP contribution in [0.1, 0.15) is 32.6 Å². The van der Waals surface area contributed by atoms with Crippen LogP contribution in [0, 0.1) is 5.92 Å². The largest absolute Gasteiger partial charge is 0.351 e. The van der Waals surface area contributed by atoms with Crippen LogP contribution in [-0.2, 0) is 9.59 Å². The van der Waals surface area contributed by atoms with Gasteiger partial charge in [-0.15, -0.1) is 0 Å². The number of likely N-dealkylation sites (N-methyl/N-ethyl adjacent to an activating group) is 1. The summed E-state index contributed by atoms with van der Waals surface area (Å²) in [6, 6.07) is 0.175. The minimum absolute atomic E-state index is 0.175. The summed E-state index contributed by atoms with van der Waals surface area (Å²) in [5.74, 6) is -0.577. The Morgan fingerprint density at radius 3 is 2.36 bits per heavy atom. The van der Waals surface area contributed by atoms with Gasteiger partial charge in [0.2, 0.25) is 0 Å². The van der Waals surface area contributed by atoms with Crippen LogP contribution < -0.4 is 10.6 Å². The smallest absolute Gasteiger partial charge is 0.309 e. The van der Waals surface area contributed by atoms with Gasteiger partial charge in [-0.2, -0.15) is 0 Å². The maximum absolute atomic E-state index is 11.3. The van der Waals surface area contributed by atoms with E-state index in [1.807, 2.05) is 0 Å². The van der Waals surface area contributed by atoms with Gasteiger partial charge in [-0.25, -0.2) is 0 Å². The molecule has 1 aliphatic rings. The monoisotopic (exact) mass is 198 g/mol. The van der Waals surface area contributed by atoms with Crippen LogP contribution in [0.5, 0.6) is 0 Å². The molecule has 0 spiro atoms. The van der Waals surface area contributed by atoms with E-state index in [-0.39, 0.29) is 6.04 Å². The van der Waals surface area contributed by atoms with Gasteiger partial charge in [0.25, 0.3) is 0 Å². The zero-order chi connectivity index (χ0) is 10.6. The van der Waals surface area contributed by atoms with E-state index < -0.39 is 11.8 Å². The van der Waals surface area contributed by atoms with E-state index in [4.69, 9.17) is 0 Å². The van der Waals surface area contributed by atoms with E-state index in [1.165, 1.54) is 13.5 Å². The van der Waals surface area contributed by atoms with Gasteiger partial charge in [0.05, 0.1) is 0 Å². The number of hydrogen-bond donors (Lipinski definition) is 2. The molecule has 1 saturated carbocycles. The second kappa shape index (κ2) is 4.98. The Hall–Kier alpha value is -1.06. The van der Waals surface area contributed by atoms with Gasteiger partial charge in [-0.1, -0.05) is 19.8 Å². The predicted molar refractivity (Wildman–Crippen MR) is 53.6 cm³/mol. The highest BCUT2D eigenvalue weighted by molar-refractivity contribution is 6.35. The summed E-state index contributed by atoms with van der Waals surface area (Å²) in [6.07, 6.45) is 4.50. The minimum atomic E-state index is -0.553. The molecule has 4 nitrogen and oxygen atoms in total. The fourth-order valence-corrected chi connectivity index (χ4v) is 1.88. The molecule has 2 N–H and O–H groups in total. The van der Waals surface area contributed by atoms with Crippen LogP contribution in [0.4, 0.5) is 0 Å². The number of nitrogens with one attached hydrogen (secondary N) is 2. The summed E-state index contributed by atoms with van der Waals surface area (Å²) >= 11 is 0. The van der Waals surface area contributed by atoms with Crippen molar-refractivity contribution in [1.82, 2.24) is 10.6 Å². The Labute approximate surface area is 84.4 Å². The van der Waals surface area contributed by atoms with Gasteiger partial charge in [-0.3, -0.25) is 9.59 Å². The molecule has 0 bridgehead atoms. The van der Waals surface area contributed by atoms with Crippen LogP contribution in [-0.4, -0.2) is 24.9 Å². The summed E-state index contributed by atoms with van der Waals surface area (Å²) in [5.41, 5.74) is 0. The van der Waals surface area contributed by atoms with E-state index in [9.17, 15) is 9.59 Å². The van der Waals surface area contributed by atoms with E-state index in [0.717, 1.165) is 19.3 Å². The van der Waals surface area contributed by atoms with Crippen LogP contribution in [0.2, 0.25) is 0 Å². The normalized spacial score (nSPS) is 26.7. The molecule has 0 heterocycles. The van der Waals surface area contributed by atoms with E-state index in [1.54, 1.807) is 0 Å². The minimum Gasteiger partial charge on any atom is -0.351 e. The van der Waals surface area contributed by atoms with Crippen molar-refractivity contribution in [2.24, 2.45) is 5.92 Å².